The predicted molar refractivity (Wildman–Crippen MR) is 150 cm³/mol. The minimum atomic E-state index is -0.886. The van der Waals surface area contributed by atoms with Crippen LogP contribution in [0.4, 0.5) is 10.1 Å². The monoisotopic (exact) mass is 543 g/mol. The molecule has 8 heteroatoms. The van der Waals surface area contributed by atoms with Gasteiger partial charge in [-0.1, -0.05) is 25.8 Å². The number of carbonyl (C=O) groups is 2. The van der Waals surface area contributed by atoms with Crippen molar-refractivity contribution in [3.8, 4) is 11.5 Å². The number of nitrogens with zero attached hydrogens (tertiary/aromatic N) is 1. The molecule has 1 unspecified atom stereocenters. The third kappa shape index (κ3) is 4.97. The summed E-state index contributed by atoms with van der Waals surface area (Å²) < 4.78 is 31.9. The van der Waals surface area contributed by atoms with Gasteiger partial charge >= 0.3 is 0 Å². The highest BCUT2D eigenvalue weighted by atomic mass is 19.1. The summed E-state index contributed by atoms with van der Waals surface area (Å²) in [6.45, 7) is 6.36. The van der Waals surface area contributed by atoms with Crippen molar-refractivity contribution >= 4 is 28.3 Å². The number of amides is 1. The van der Waals surface area contributed by atoms with Crippen LogP contribution >= 0.6 is 0 Å². The molecule has 0 spiro atoms. The Morgan fingerprint density at radius 2 is 1.73 bits per heavy atom. The fourth-order valence-corrected chi connectivity index (χ4v) is 5.00. The summed E-state index contributed by atoms with van der Waals surface area (Å²) in [7, 11) is 0. The van der Waals surface area contributed by atoms with Crippen LogP contribution in [0.5, 0.6) is 11.5 Å². The van der Waals surface area contributed by atoms with Crippen LogP contribution < -0.4 is 19.8 Å². The summed E-state index contributed by atoms with van der Waals surface area (Å²) in [5.41, 5.74) is 1.29. The molecule has 0 saturated carbocycles. The van der Waals surface area contributed by atoms with Crippen molar-refractivity contribution < 1.29 is 27.9 Å². The van der Waals surface area contributed by atoms with Crippen LogP contribution in [0.15, 0.2) is 69.9 Å². The second kappa shape index (κ2) is 11.3. The molecule has 1 aromatic heterocycles. The smallest absolute Gasteiger partial charge is 0.295 e. The quantitative estimate of drug-likeness (QED) is 0.161. The Morgan fingerprint density at radius 1 is 0.950 bits per heavy atom. The second-order valence-electron chi connectivity index (χ2n) is 9.69. The topological polar surface area (TPSA) is 86.0 Å². The number of Topliss-reactive ketones (excluding diaryl/α,β-unsaturated/α-hetero) is 1. The Labute approximate surface area is 231 Å². The normalized spacial score (nSPS) is 14.4. The van der Waals surface area contributed by atoms with Crippen LogP contribution in [0.1, 0.15) is 78.1 Å². The molecule has 0 N–H and O–H groups in total. The number of fused-ring (bicyclic) bond motifs is 2. The van der Waals surface area contributed by atoms with Crippen LogP contribution in [0.25, 0.3) is 11.0 Å². The molecule has 40 heavy (non-hydrogen) atoms. The van der Waals surface area contributed by atoms with E-state index in [1.165, 1.54) is 24.0 Å². The number of benzene rings is 3. The van der Waals surface area contributed by atoms with Gasteiger partial charge in [-0.05, 0) is 80.4 Å². The average molecular weight is 544 g/mol. The van der Waals surface area contributed by atoms with Crippen LogP contribution in [0.3, 0.4) is 0 Å². The van der Waals surface area contributed by atoms with Gasteiger partial charge in [-0.25, -0.2) is 4.39 Å². The number of anilines is 1. The average Bonchev–Trinajstić information content (AvgIpc) is 3.24. The zero-order valence-corrected chi connectivity index (χ0v) is 22.7. The van der Waals surface area contributed by atoms with Gasteiger partial charge in [0, 0.05) is 11.3 Å². The third-order valence-electron chi connectivity index (χ3n) is 6.97. The summed E-state index contributed by atoms with van der Waals surface area (Å²) in [6, 6.07) is 14.7. The van der Waals surface area contributed by atoms with Gasteiger partial charge in [-0.3, -0.25) is 19.3 Å². The number of unbranched alkanes of at least 4 members (excludes halogenated alkanes) is 2. The molecule has 0 bridgehead atoms. The number of halogens is 1. The molecule has 7 nitrogen and oxygen atoms in total. The van der Waals surface area contributed by atoms with Crippen molar-refractivity contribution in [3.05, 3.63) is 99.2 Å². The molecule has 1 amide bonds. The SMILES string of the molecule is CCCCCOc1ccc(C2c3c(oc4ccc(F)cc4c3=O)C(=O)N2c2ccc(C(C)=O)cc2)cc1OCC. The van der Waals surface area contributed by atoms with Gasteiger partial charge in [0.1, 0.15) is 11.4 Å². The molecule has 4 aromatic rings. The Kier molecular flexibility index (Phi) is 7.69. The number of hydrogen-bond acceptors (Lipinski definition) is 6. The molecule has 0 radical (unpaired) electrons. The standard InChI is InChI=1S/C32H30FNO6/c1-4-6-7-16-39-26-14-10-21(17-27(26)38-5-2)29-28-30(36)24-18-22(33)11-15-25(24)40-31(28)32(37)34(29)23-12-8-20(9-13-23)19(3)35/h8-15,17-18,29H,4-7,16H2,1-3H3. The highest BCUT2D eigenvalue weighted by Crippen LogP contribution is 2.43. The van der Waals surface area contributed by atoms with Crippen molar-refractivity contribution in [2.45, 2.75) is 46.1 Å². The maximum atomic E-state index is 14.1. The molecule has 2 heterocycles. The first-order valence-corrected chi connectivity index (χ1v) is 13.4. The fourth-order valence-electron chi connectivity index (χ4n) is 5.00. The second-order valence-corrected chi connectivity index (χ2v) is 9.69. The van der Waals surface area contributed by atoms with E-state index in [1.807, 2.05) is 6.92 Å². The van der Waals surface area contributed by atoms with Crippen molar-refractivity contribution in [2.75, 3.05) is 18.1 Å². The van der Waals surface area contributed by atoms with E-state index in [2.05, 4.69) is 6.92 Å². The summed E-state index contributed by atoms with van der Waals surface area (Å²) >= 11 is 0. The first kappa shape index (κ1) is 27.1. The summed E-state index contributed by atoms with van der Waals surface area (Å²) in [5, 5.41) is 0.0474. The van der Waals surface area contributed by atoms with Crippen LogP contribution in [-0.2, 0) is 0 Å². The van der Waals surface area contributed by atoms with Gasteiger partial charge in [0.25, 0.3) is 5.91 Å². The summed E-state index contributed by atoms with van der Waals surface area (Å²) in [6.07, 6.45) is 3.02. The van der Waals surface area contributed by atoms with E-state index < -0.39 is 23.2 Å². The highest BCUT2D eigenvalue weighted by molar-refractivity contribution is 6.11. The minimum absolute atomic E-state index is 0.0474. The van der Waals surface area contributed by atoms with E-state index in [1.54, 1.807) is 42.5 Å². The minimum Gasteiger partial charge on any atom is -0.490 e. The molecule has 1 aliphatic rings. The Hall–Kier alpha value is -4.46. The third-order valence-corrected chi connectivity index (χ3v) is 6.97. The van der Waals surface area contributed by atoms with Crippen molar-refractivity contribution in [1.29, 1.82) is 0 Å². The number of rotatable bonds is 10. The lowest BCUT2D eigenvalue weighted by molar-refractivity contribution is 0.0970. The Morgan fingerprint density at radius 3 is 2.42 bits per heavy atom. The maximum Gasteiger partial charge on any atom is 0.295 e. The molecule has 1 aliphatic heterocycles. The number of ketones is 1. The van der Waals surface area contributed by atoms with Crippen LogP contribution in [0, 0.1) is 5.82 Å². The van der Waals surface area contributed by atoms with E-state index in [0.717, 1.165) is 25.3 Å². The zero-order valence-electron chi connectivity index (χ0n) is 22.7. The van der Waals surface area contributed by atoms with Gasteiger partial charge in [0.05, 0.1) is 30.2 Å². The molecule has 206 valence electrons. The van der Waals surface area contributed by atoms with E-state index in [-0.39, 0.29) is 28.1 Å². The van der Waals surface area contributed by atoms with Gasteiger partial charge in [-0.15, -0.1) is 0 Å². The van der Waals surface area contributed by atoms with Crippen LogP contribution in [-0.4, -0.2) is 24.9 Å². The zero-order chi connectivity index (χ0) is 28.4. The molecule has 0 fully saturated rings. The van der Waals surface area contributed by atoms with E-state index in [4.69, 9.17) is 13.9 Å². The summed E-state index contributed by atoms with van der Waals surface area (Å²) in [5.74, 6) is -0.267. The summed E-state index contributed by atoms with van der Waals surface area (Å²) in [4.78, 5) is 41.0. The van der Waals surface area contributed by atoms with Gasteiger partial charge in [0.2, 0.25) is 5.76 Å². The van der Waals surface area contributed by atoms with E-state index in [9.17, 15) is 18.8 Å². The van der Waals surface area contributed by atoms with Crippen molar-refractivity contribution in [2.24, 2.45) is 0 Å². The lowest BCUT2D eigenvalue weighted by Gasteiger charge is -2.26. The van der Waals surface area contributed by atoms with Gasteiger partial charge in [0.15, 0.2) is 22.7 Å². The lowest BCUT2D eigenvalue weighted by Crippen LogP contribution is -2.29. The van der Waals surface area contributed by atoms with Crippen molar-refractivity contribution in [1.82, 2.24) is 0 Å². The first-order valence-electron chi connectivity index (χ1n) is 13.4. The number of carbonyl (C=O) groups excluding carboxylic acids is 2. The maximum absolute atomic E-state index is 14.1. The lowest BCUT2D eigenvalue weighted by atomic mass is 9.97. The predicted octanol–water partition coefficient (Wildman–Crippen LogP) is 6.85. The molecular formula is C32H30FNO6. The molecule has 1 atom stereocenters. The van der Waals surface area contributed by atoms with Crippen LogP contribution in [0.2, 0.25) is 0 Å². The van der Waals surface area contributed by atoms with E-state index in [0.29, 0.717) is 41.5 Å². The fraction of sp³-hybridized carbons (Fsp3) is 0.281. The van der Waals surface area contributed by atoms with E-state index >= 15 is 0 Å². The Balaban J connectivity index is 1.67. The van der Waals surface area contributed by atoms with Gasteiger partial charge < -0.3 is 13.9 Å². The van der Waals surface area contributed by atoms with Crippen molar-refractivity contribution in [3.63, 3.8) is 0 Å². The number of hydrogen-bond donors (Lipinski definition) is 0. The molecular weight excluding hydrogens is 513 g/mol. The first-order chi connectivity index (χ1) is 19.3. The molecule has 3 aromatic carbocycles. The Bertz CT molecular complexity index is 1640. The molecule has 0 saturated heterocycles. The van der Waals surface area contributed by atoms with Gasteiger partial charge in [-0.2, -0.15) is 0 Å². The molecule has 0 aliphatic carbocycles. The highest BCUT2D eigenvalue weighted by Gasteiger charge is 2.44. The molecule has 5 rings (SSSR count). The largest absolute Gasteiger partial charge is 0.490 e. The number of ether oxygens (including phenoxy) is 2.